The van der Waals surface area contributed by atoms with E-state index >= 15 is 0 Å². The van der Waals surface area contributed by atoms with Crippen LogP contribution in [-0.2, 0) is 9.47 Å². The molecule has 0 bridgehead atoms. The first-order valence-electron chi connectivity index (χ1n) is 6.92. The standard InChI is InChI=1S/C17H20O4/c1-19-12-17(8-4-9-17)10-7-13-5-6-14(16(18)21-3)15(11-13)20-2/h5-6,11H,4,8-9,12H2,1-3H3. The largest absolute Gasteiger partial charge is 0.496 e. The highest BCUT2D eigenvalue weighted by Gasteiger charge is 2.35. The van der Waals surface area contributed by atoms with Gasteiger partial charge in [0.05, 0.1) is 26.2 Å². The fourth-order valence-corrected chi connectivity index (χ4v) is 2.44. The molecule has 1 fully saturated rings. The third kappa shape index (κ3) is 3.37. The van der Waals surface area contributed by atoms with E-state index in [9.17, 15) is 4.79 Å². The lowest BCUT2D eigenvalue weighted by atomic mass is 9.70. The molecule has 0 unspecified atom stereocenters. The molecule has 1 aromatic rings. The van der Waals surface area contributed by atoms with Gasteiger partial charge in [-0.1, -0.05) is 18.3 Å². The topological polar surface area (TPSA) is 44.8 Å². The summed E-state index contributed by atoms with van der Waals surface area (Å²) >= 11 is 0. The van der Waals surface area contributed by atoms with Crippen LogP contribution in [0.1, 0.15) is 35.2 Å². The Labute approximate surface area is 125 Å². The van der Waals surface area contributed by atoms with Gasteiger partial charge in [0.2, 0.25) is 0 Å². The van der Waals surface area contributed by atoms with Crippen LogP contribution in [0.3, 0.4) is 0 Å². The molecule has 0 heterocycles. The number of esters is 1. The molecule has 2 rings (SSSR count). The van der Waals surface area contributed by atoms with Crippen molar-refractivity contribution in [2.24, 2.45) is 5.41 Å². The van der Waals surface area contributed by atoms with Gasteiger partial charge in [-0.25, -0.2) is 4.79 Å². The summed E-state index contributed by atoms with van der Waals surface area (Å²) in [6.07, 6.45) is 3.35. The van der Waals surface area contributed by atoms with Gasteiger partial charge in [-0.3, -0.25) is 0 Å². The van der Waals surface area contributed by atoms with Gasteiger partial charge >= 0.3 is 5.97 Å². The van der Waals surface area contributed by atoms with E-state index in [1.54, 1.807) is 25.3 Å². The Hall–Kier alpha value is -1.99. The van der Waals surface area contributed by atoms with Crippen molar-refractivity contribution < 1.29 is 19.0 Å². The van der Waals surface area contributed by atoms with Crippen molar-refractivity contribution in [1.82, 2.24) is 0 Å². The summed E-state index contributed by atoms with van der Waals surface area (Å²) < 4.78 is 15.2. The molecule has 4 heteroatoms. The van der Waals surface area contributed by atoms with Crippen molar-refractivity contribution in [2.45, 2.75) is 19.3 Å². The van der Waals surface area contributed by atoms with Crippen molar-refractivity contribution in [2.75, 3.05) is 27.9 Å². The van der Waals surface area contributed by atoms with E-state index in [4.69, 9.17) is 14.2 Å². The monoisotopic (exact) mass is 288 g/mol. The summed E-state index contributed by atoms with van der Waals surface area (Å²) in [5.74, 6) is 6.55. The van der Waals surface area contributed by atoms with Crippen molar-refractivity contribution >= 4 is 5.97 Å². The first kappa shape index (κ1) is 15.4. The molecule has 1 aliphatic carbocycles. The van der Waals surface area contributed by atoms with E-state index in [1.165, 1.54) is 20.6 Å². The van der Waals surface area contributed by atoms with Crippen LogP contribution in [0.2, 0.25) is 0 Å². The lowest BCUT2D eigenvalue weighted by molar-refractivity contribution is 0.0597. The van der Waals surface area contributed by atoms with Crippen LogP contribution in [0.15, 0.2) is 18.2 Å². The number of rotatable bonds is 4. The molecule has 0 atom stereocenters. The minimum Gasteiger partial charge on any atom is -0.496 e. The summed E-state index contributed by atoms with van der Waals surface area (Å²) in [6, 6.07) is 5.25. The zero-order chi connectivity index (χ0) is 15.3. The summed E-state index contributed by atoms with van der Waals surface area (Å²) in [5, 5.41) is 0. The highest BCUT2D eigenvalue weighted by Crippen LogP contribution is 2.40. The summed E-state index contributed by atoms with van der Waals surface area (Å²) in [6.45, 7) is 0.664. The van der Waals surface area contributed by atoms with Crippen LogP contribution in [0.5, 0.6) is 5.75 Å². The zero-order valence-corrected chi connectivity index (χ0v) is 12.7. The van der Waals surface area contributed by atoms with Crippen LogP contribution in [0.4, 0.5) is 0 Å². The fourth-order valence-electron chi connectivity index (χ4n) is 2.44. The number of hydrogen-bond donors (Lipinski definition) is 0. The van der Waals surface area contributed by atoms with Crippen molar-refractivity contribution in [3.63, 3.8) is 0 Å². The number of ether oxygens (including phenoxy) is 3. The maximum absolute atomic E-state index is 11.6. The van der Waals surface area contributed by atoms with Gasteiger partial charge < -0.3 is 14.2 Å². The Kier molecular flexibility index (Phi) is 4.87. The first-order valence-corrected chi connectivity index (χ1v) is 6.92. The molecule has 0 aliphatic heterocycles. The minimum absolute atomic E-state index is 0.0109. The molecule has 0 spiro atoms. The Balaban J connectivity index is 2.24. The SMILES string of the molecule is COCC1(C#Cc2ccc(C(=O)OC)c(OC)c2)CCC1. The molecule has 0 saturated heterocycles. The highest BCUT2D eigenvalue weighted by molar-refractivity contribution is 5.92. The second kappa shape index (κ2) is 6.64. The average Bonchev–Trinajstić information content (AvgIpc) is 2.48. The van der Waals surface area contributed by atoms with Crippen molar-refractivity contribution in [3.8, 4) is 17.6 Å². The van der Waals surface area contributed by atoms with Crippen LogP contribution in [0, 0.1) is 17.3 Å². The summed E-state index contributed by atoms with van der Waals surface area (Å²) in [5.41, 5.74) is 1.21. The van der Waals surface area contributed by atoms with Gasteiger partial charge in [0.25, 0.3) is 0 Å². The minimum atomic E-state index is -0.416. The van der Waals surface area contributed by atoms with Crippen LogP contribution >= 0.6 is 0 Å². The number of carbonyl (C=O) groups is 1. The van der Waals surface area contributed by atoms with Crippen molar-refractivity contribution in [1.29, 1.82) is 0 Å². The average molecular weight is 288 g/mol. The molecule has 112 valence electrons. The van der Waals surface area contributed by atoms with E-state index < -0.39 is 5.97 Å². The Morgan fingerprint density at radius 3 is 2.57 bits per heavy atom. The number of benzene rings is 1. The zero-order valence-electron chi connectivity index (χ0n) is 12.7. The maximum Gasteiger partial charge on any atom is 0.341 e. The van der Waals surface area contributed by atoms with E-state index in [2.05, 4.69) is 11.8 Å². The molecule has 1 aliphatic rings. The molecule has 0 amide bonds. The highest BCUT2D eigenvalue weighted by atomic mass is 16.5. The van der Waals surface area contributed by atoms with Crippen LogP contribution in [-0.4, -0.2) is 33.9 Å². The van der Waals surface area contributed by atoms with Gasteiger partial charge in [-0.15, -0.1) is 0 Å². The molecule has 1 saturated carbocycles. The molecule has 1 aromatic carbocycles. The normalized spacial score (nSPS) is 15.4. The lowest BCUT2D eigenvalue weighted by Crippen LogP contribution is -2.32. The Bertz CT molecular complexity index is 576. The molecule has 21 heavy (non-hydrogen) atoms. The van der Waals surface area contributed by atoms with E-state index in [0.29, 0.717) is 17.9 Å². The molecule has 0 aromatic heterocycles. The second-order valence-electron chi connectivity index (χ2n) is 5.22. The summed E-state index contributed by atoms with van der Waals surface area (Å²) in [4.78, 5) is 11.6. The Morgan fingerprint density at radius 1 is 1.29 bits per heavy atom. The molecule has 4 nitrogen and oxygen atoms in total. The van der Waals surface area contributed by atoms with E-state index in [-0.39, 0.29) is 5.41 Å². The van der Waals surface area contributed by atoms with Gasteiger partial charge in [0.1, 0.15) is 11.3 Å². The quantitative estimate of drug-likeness (QED) is 0.631. The lowest BCUT2D eigenvalue weighted by Gasteiger charge is -2.36. The van der Waals surface area contributed by atoms with Crippen LogP contribution in [0.25, 0.3) is 0 Å². The summed E-state index contributed by atoms with van der Waals surface area (Å²) in [7, 11) is 4.58. The number of hydrogen-bond acceptors (Lipinski definition) is 4. The predicted molar refractivity (Wildman–Crippen MR) is 79.4 cm³/mol. The molecular weight excluding hydrogens is 268 g/mol. The Morgan fingerprint density at radius 2 is 2.05 bits per heavy atom. The maximum atomic E-state index is 11.6. The predicted octanol–water partition coefficient (Wildman–Crippen LogP) is 2.65. The molecule has 0 radical (unpaired) electrons. The fraction of sp³-hybridized carbons (Fsp3) is 0.471. The van der Waals surface area contributed by atoms with Gasteiger partial charge in [0.15, 0.2) is 0 Å². The smallest absolute Gasteiger partial charge is 0.341 e. The third-order valence-electron chi connectivity index (χ3n) is 3.81. The van der Waals surface area contributed by atoms with Gasteiger partial charge in [-0.2, -0.15) is 0 Å². The number of carbonyl (C=O) groups excluding carboxylic acids is 1. The molecule has 0 N–H and O–H groups in total. The van der Waals surface area contributed by atoms with Crippen LogP contribution < -0.4 is 4.74 Å². The van der Waals surface area contributed by atoms with Gasteiger partial charge in [0, 0.05) is 12.7 Å². The number of methoxy groups -OCH3 is 3. The second-order valence-corrected chi connectivity index (χ2v) is 5.22. The first-order chi connectivity index (χ1) is 10.1. The van der Waals surface area contributed by atoms with Crippen molar-refractivity contribution in [3.05, 3.63) is 29.3 Å². The third-order valence-corrected chi connectivity index (χ3v) is 3.81. The molecular formula is C17H20O4. The van der Waals surface area contributed by atoms with E-state index in [1.807, 2.05) is 0 Å². The van der Waals surface area contributed by atoms with Gasteiger partial charge in [-0.05, 0) is 31.0 Å². The van der Waals surface area contributed by atoms with E-state index in [0.717, 1.165) is 18.4 Å².